The Labute approximate surface area is 86.2 Å². The normalized spacial score (nSPS) is 0.889. The second-order valence-corrected chi connectivity index (χ2v) is 0. The minimum absolute atomic E-state index is 0. The van der Waals surface area contributed by atoms with Gasteiger partial charge in [-0.25, -0.2) is 0 Å². The molecule has 0 heterocycles. The summed E-state index contributed by atoms with van der Waals surface area (Å²) in [5.74, 6) is 0. The molecule has 0 aromatic carbocycles. The van der Waals surface area contributed by atoms with Crippen LogP contribution in [-0.2, 0) is 73.1 Å². The molecule has 0 saturated heterocycles. The van der Waals surface area contributed by atoms with E-state index in [2.05, 4.69) is 25.8 Å². The Bertz CT molecular complexity index is 43.6. The van der Waals surface area contributed by atoms with Gasteiger partial charge in [0.15, 0.2) is 0 Å². The largest absolute Gasteiger partial charge is 2.00 e. The van der Waals surface area contributed by atoms with Gasteiger partial charge in [-0.15, -0.1) is 0 Å². The number of thiol groups is 2. The van der Waals surface area contributed by atoms with Crippen molar-refractivity contribution in [3.05, 3.63) is 13.3 Å². The van der Waals surface area contributed by atoms with Crippen molar-refractivity contribution in [3.8, 4) is 0 Å². The molecule has 0 unspecified atom stereocenters. The Balaban J connectivity index is -0.00000000321. The summed E-state index contributed by atoms with van der Waals surface area (Å²) in [5.41, 5.74) is 0. The molecule has 0 aliphatic carbocycles. The second kappa shape index (κ2) is 736. The molecule has 3 nitrogen and oxygen atoms in total. The molecule has 0 fully saturated rings. The molecule has 0 bridgehead atoms. The SMILES string of the molecule is O=[SH+].[C-]#[O+].[C-]#[O+].[Fe+2].[Ni].[SH-]. The maximum atomic E-state index is 7.94. The fourth-order valence-electron chi connectivity index (χ4n) is 0. The molecule has 0 spiro atoms. The van der Waals surface area contributed by atoms with E-state index in [1.807, 2.05) is 0 Å². The molecule has 56 valence electrons. The van der Waals surface area contributed by atoms with Crippen LogP contribution in [0.1, 0.15) is 0 Å². The van der Waals surface area contributed by atoms with E-state index in [1.165, 1.54) is 0 Å². The summed E-state index contributed by atoms with van der Waals surface area (Å²) in [5, 5.41) is 0. The van der Waals surface area contributed by atoms with E-state index in [1.54, 1.807) is 0 Å². The van der Waals surface area contributed by atoms with Crippen LogP contribution in [0.3, 0.4) is 0 Å². The van der Waals surface area contributed by atoms with Crippen molar-refractivity contribution < 1.29 is 47.1 Å². The van der Waals surface area contributed by atoms with Crippen molar-refractivity contribution in [3.63, 3.8) is 0 Å². The van der Waals surface area contributed by atoms with Gasteiger partial charge in [0.2, 0.25) is 0 Å². The third-order valence-corrected chi connectivity index (χ3v) is 0. The Hall–Kier alpha value is 0.863. The summed E-state index contributed by atoms with van der Waals surface area (Å²) in [7, 11) is 0. The molecule has 9 heavy (non-hydrogen) atoms. The van der Waals surface area contributed by atoms with Crippen LogP contribution >= 0.6 is 0 Å². The first-order chi connectivity index (χ1) is 3.00. The van der Waals surface area contributed by atoms with Gasteiger partial charge in [-0.3, -0.25) is 0 Å². The van der Waals surface area contributed by atoms with E-state index >= 15 is 0 Å². The van der Waals surface area contributed by atoms with Gasteiger partial charge in [-0.2, -0.15) is 0 Å². The van der Waals surface area contributed by atoms with Crippen molar-refractivity contribution in [1.82, 2.24) is 0 Å². The van der Waals surface area contributed by atoms with Crippen molar-refractivity contribution >= 4 is 26.0 Å². The van der Waals surface area contributed by atoms with Gasteiger partial charge in [0.05, 0.1) is 0 Å². The molecule has 0 aromatic heterocycles. The van der Waals surface area contributed by atoms with Gasteiger partial charge >= 0.3 is 52.2 Å². The molecular weight excluding hydrogens is 251 g/mol. The van der Waals surface area contributed by atoms with E-state index in [0.29, 0.717) is 0 Å². The summed E-state index contributed by atoms with van der Waals surface area (Å²) < 4.78 is 22.9. The smallest absolute Gasteiger partial charge is 0.813 e. The van der Waals surface area contributed by atoms with Crippen molar-refractivity contribution in [2.45, 2.75) is 0 Å². The maximum Gasteiger partial charge on any atom is 2.00 e. The second-order valence-electron chi connectivity index (χ2n) is 0. The molecule has 0 rings (SSSR count). The zero-order valence-electron chi connectivity index (χ0n) is 3.79. The van der Waals surface area contributed by atoms with Crippen LogP contribution in [0.15, 0.2) is 0 Å². The predicted octanol–water partition coefficient (Wildman–Crippen LogP) is -0.739. The average molecular weight is 253 g/mol. The number of rotatable bonds is 0. The van der Waals surface area contributed by atoms with Crippen LogP contribution in [0, 0.1) is 13.3 Å². The van der Waals surface area contributed by atoms with E-state index in [0.717, 1.165) is 0 Å². The average Bonchev–Trinajstić information content (AvgIpc) is 1.81. The topological polar surface area (TPSA) is 56.9 Å². The third-order valence-electron chi connectivity index (χ3n) is 0. The van der Waals surface area contributed by atoms with E-state index in [4.69, 9.17) is 13.5 Å². The Kier molecular flexibility index (Phi) is 4240. The van der Waals surface area contributed by atoms with Crippen LogP contribution in [0.25, 0.3) is 0 Å². The number of hydrogen-bond donors (Lipinski definition) is 0. The molecule has 0 saturated carbocycles. The standard InChI is InChI=1S/2CO.Fe.Ni.OS.H2S/c2*1-2;;;1-2;/h;;;;;1H2/q;;+2;;;. The zero-order valence-corrected chi connectivity index (χ0v) is 7.67. The molecule has 0 aromatic rings. The maximum absolute atomic E-state index is 7.94. The molecule has 0 N–H and O–H groups in total. The molecule has 0 radical (unpaired) electrons. The Morgan fingerprint density at radius 2 is 1.00 bits per heavy atom. The van der Waals surface area contributed by atoms with Gasteiger partial charge in [-0.05, 0) is 0 Å². The van der Waals surface area contributed by atoms with Crippen LogP contribution in [-0.4, -0.2) is 0 Å². The van der Waals surface area contributed by atoms with Gasteiger partial charge in [0.25, 0.3) is 0 Å². The summed E-state index contributed by atoms with van der Waals surface area (Å²) >= 11 is 2.28. The fraction of sp³-hybridized carbons (Fsp3) is 0. The Morgan fingerprint density at radius 3 is 1.00 bits per heavy atom. The number of hydrogen-bond acceptors (Lipinski definition) is 2. The molecule has 0 aliphatic rings. The zero-order chi connectivity index (χ0) is 6.00. The quantitative estimate of drug-likeness (QED) is 0.188. The van der Waals surface area contributed by atoms with Crippen molar-refractivity contribution in [1.29, 1.82) is 0 Å². The third kappa shape index (κ3) is 561. The van der Waals surface area contributed by atoms with E-state index in [-0.39, 0.29) is 47.1 Å². The van der Waals surface area contributed by atoms with E-state index in [9.17, 15) is 0 Å². The molecule has 0 amide bonds. The summed E-state index contributed by atoms with van der Waals surface area (Å²) in [6, 6.07) is 0. The van der Waals surface area contributed by atoms with Crippen LogP contribution in [0.5, 0.6) is 0 Å². The summed E-state index contributed by atoms with van der Waals surface area (Å²) in [6.45, 7) is 9.00. The first-order valence-corrected chi connectivity index (χ1v) is 0.956. The van der Waals surface area contributed by atoms with Crippen molar-refractivity contribution in [2.75, 3.05) is 0 Å². The molecular formula is C2H2FeNiO3S2+2. The minimum atomic E-state index is 0. The van der Waals surface area contributed by atoms with Gasteiger partial charge in [0, 0.05) is 20.7 Å². The van der Waals surface area contributed by atoms with E-state index < -0.39 is 0 Å². The first-order valence-electron chi connectivity index (χ1n) is 0.591. The predicted molar refractivity (Wildman–Crippen MR) is 26.1 cm³/mol. The fourth-order valence-corrected chi connectivity index (χ4v) is 0. The summed E-state index contributed by atoms with van der Waals surface area (Å²) in [4.78, 5) is 0. The summed E-state index contributed by atoms with van der Waals surface area (Å²) in [6.07, 6.45) is 0. The molecule has 7 heteroatoms. The van der Waals surface area contributed by atoms with Crippen LogP contribution < -0.4 is 0 Å². The van der Waals surface area contributed by atoms with Gasteiger partial charge in [0.1, 0.15) is 0 Å². The van der Waals surface area contributed by atoms with Gasteiger partial charge < -0.3 is 13.5 Å². The first kappa shape index (κ1) is 51.9. The molecule has 0 aliphatic heterocycles. The monoisotopic (exact) mass is 252 g/mol. The minimum Gasteiger partial charge on any atom is -0.813 e. The van der Waals surface area contributed by atoms with Gasteiger partial charge in [-0.1, -0.05) is 0 Å². The molecule has 0 atom stereocenters. The Morgan fingerprint density at radius 1 is 1.00 bits per heavy atom. The van der Waals surface area contributed by atoms with Crippen LogP contribution in [0.2, 0.25) is 0 Å². The van der Waals surface area contributed by atoms with Crippen LogP contribution in [0.4, 0.5) is 0 Å². The van der Waals surface area contributed by atoms with Crippen molar-refractivity contribution in [2.24, 2.45) is 0 Å².